The molecule has 1 atom stereocenters. The number of hydrogen-bond donors (Lipinski definition) is 0. The first-order chi connectivity index (χ1) is 14.1. The van der Waals surface area contributed by atoms with Gasteiger partial charge >= 0.3 is 0 Å². The zero-order chi connectivity index (χ0) is 20.2. The van der Waals surface area contributed by atoms with Gasteiger partial charge in [0.05, 0.1) is 12.5 Å². The number of rotatable bonds is 6. The van der Waals surface area contributed by atoms with Crippen LogP contribution in [0, 0.1) is 5.92 Å². The fourth-order valence-electron chi connectivity index (χ4n) is 4.02. The van der Waals surface area contributed by atoms with Crippen LogP contribution in [0.5, 0.6) is 5.75 Å². The van der Waals surface area contributed by atoms with E-state index in [4.69, 9.17) is 4.74 Å². The summed E-state index contributed by atoms with van der Waals surface area (Å²) >= 11 is 1.77. The zero-order valence-electron chi connectivity index (χ0n) is 16.8. The van der Waals surface area contributed by atoms with E-state index in [2.05, 4.69) is 22.4 Å². The van der Waals surface area contributed by atoms with Gasteiger partial charge in [-0.25, -0.2) is 0 Å². The number of amides is 2. The summed E-state index contributed by atoms with van der Waals surface area (Å²) in [5.41, 5.74) is 0.828. The van der Waals surface area contributed by atoms with E-state index in [1.54, 1.807) is 16.2 Å². The summed E-state index contributed by atoms with van der Waals surface area (Å²) in [6.45, 7) is 7.19. The molecule has 0 bridgehead atoms. The minimum Gasteiger partial charge on any atom is -0.494 e. The molecule has 4 rings (SSSR count). The van der Waals surface area contributed by atoms with E-state index in [0.717, 1.165) is 44.2 Å². The molecule has 0 radical (unpaired) electrons. The minimum atomic E-state index is -0.252. The SMILES string of the molecule is CCOc1ccc(N2CC(C(=O)N3CCN(Cc4cccs4)CC3)CC2=O)cc1. The lowest BCUT2D eigenvalue weighted by atomic mass is 10.1. The van der Waals surface area contributed by atoms with Gasteiger partial charge in [0.2, 0.25) is 11.8 Å². The molecule has 2 saturated heterocycles. The third-order valence-electron chi connectivity index (χ3n) is 5.58. The topological polar surface area (TPSA) is 53.1 Å². The smallest absolute Gasteiger partial charge is 0.228 e. The first kappa shape index (κ1) is 19.9. The lowest BCUT2D eigenvalue weighted by molar-refractivity contribution is -0.137. The van der Waals surface area contributed by atoms with Crippen molar-refractivity contribution in [2.75, 3.05) is 44.2 Å². The highest BCUT2D eigenvalue weighted by Crippen LogP contribution is 2.28. The van der Waals surface area contributed by atoms with E-state index in [9.17, 15) is 9.59 Å². The van der Waals surface area contributed by atoms with E-state index in [0.29, 0.717) is 19.6 Å². The molecule has 0 spiro atoms. The van der Waals surface area contributed by atoms with E-state index >= 15 is 0 Å². The molecule has 3 heterocycles. The average molecular weight is 414 g/mol. The summed E-state index contributed by atoms with van der Waals surface area (Å²) in [7, 11) is 0. The molecule has 2 aromatic rings. The lowest BCUT2D eigenvalue weighted by Crippen LogP contribution is -2.50. The summed E-state index contributed by atoms with van der Waals surface area (Å²) in [5.74, 6) is 0.667. The molecule has 0 aliphatic carbocycles. The Labute approximate surface area is 175 Å². The summed E-state index contributed by atoms with van der Waals surface area (Å²) in [5, 5.41) is 2.10. The normalized spacial score (nSPS) is 20.3. The molecule has 6 nitrogen and oxygen atoms in total. The lowest BCUT2D eigenvalue weighted by Gasteiger charge is -2.35. The summed E-state index contributed by atoms with van der Waals surface area (Å²) in [6.07, 6.45) is 0.293. The number of ether oxygens (including phenoxy) is 1. The Morgan fingerprint density at radius 1 is 1.14 bits per heavy atom. The second-order valence-electron chi connectivity index (χ2n) is 7.51. The average Bonchev–Trinajstić information content (AvgIpc) is 3.39. The first-order valence-electron chi connectivity index (χ1n) is 10.2. The van der Waals surface area contributed by atoms with E-state index in [1.807, 2.05) is 36.1 Å². The van der Waals surface area contributed by atoms with Gasteiger partial charge in [0, 0.05) is 56.3 Å². The number of carbonyl (C=O) groups excluding carboxylic acids is 2. The molecule has 2 fully saturated rings. The molecular weight excluding hydrogens is 386 g/mol. The zero-order valence-corrected chi connectivity index (χ0v) is 17.6. The fourth-order valence-corrected chi connectivity index (χ4v) is 4.77. The van der Waals surface area contributed by atoms with Gasteiger partial charge in [-0.3, -0.25) is 14.5 Å². The van der Waals surface area contributed by atoms with Gasteiger partial charge in [-0.05, 0) is 42.6 Å². The van der Waals surface area contributed by atoms with Crippen molar-refractivity contribution in [2.24, 2.45) is 5.92 Å². The number of thiophene rings is 1. The van der Waals surface area contributed by atoms with Crippen molar-refractivity contribution >= 4 is 28.8 Å². The van der Waals surface area contributed by atoms with Crippen LogP contribution < -0.4 is 9.64 Å². The molecule has 0 saturated carbocycles. The Hall–Kier alpha value is -2.38. The Kier molecular flexibility index (Phi) is 6.16. The third kappa shape index (κ3) is 4.62. The van der Waals surface area contributed by atoms with Gasteiger partial charge in [0.25, 0.3) is 0 Å². The molecular formula is C22H27N3O3S. The van der Waals surface area contributed by atoms with Crippen molar-refractivity contribution in [3.8, 4) is 5.75 Å². The molecule has 2 amide bonds. The van der Waals surface area contributed by atoms with Crippen LogP contribution in [0.1, 0.15) is 18.2 Å². The van der Waals surface area contributed by atoms with Crippen LogP contribution in [0.3, 0.4) is 0 Å². The monoisotopic (exact) mass is 413 g/mol. The van der Waals surface area contributed by atoms with E-state index < -0.39 is 0 Å². The molecule has 1 unspecified atom stereocenters. The van der Waals surface area contributed by atoms with Crippen molar-refractivity contribution < 1.29 is 14.3 Å². The third-order valence-corrected chi connectivity index (χ3v) is 6.44. The van der Waals surface area contributed by atoms with Gasteiger partial charge in [-0.15, -0.1) is 11.3 Å². The molecule has 7 heteroatoms. The molecule has 29 heavy (non-hydrogen) atoms. The largest absolute Gasteiger partial charge is 0.494 e. The highest BCUT2D eigenvalue weighted by Gasteiger charge is 2.37. The van der Waals surface area contributed by atoms with Crippen molar-refractivity contribution in [1.29, 1.82) is 0 Å². The Morgan fingerprint density at radius 2 is 1.90 bits per heavy atom. The van der Waals surface area contributed by atoms with Crippen LogP contribution in [0.25, 0.3) is 0 Å². The van der Waals surface area contributed by atoms with Gasteiger partial charge in [0.15, 0.2) is 0 Å². The van der Waals surface area contributed by atoms with Gasteiger partial charge in [0.1, 0.15) is 5.75 Å². The predicted molar refractivity (Wildman–Crippen MR) is 114 cm³/mol. The maximum atomic E-state index is 13.0. The molecule has 1 aromatic carbocycles. The fraction of sp³-hybridized carbons (Fsp3) is 0.455. The van der Waals surface area contributed by atoms with Gasteiger partial charge in [-0.1, -0.05) is 6.07 Å². The summed E-state index contributed by atoms with van der Waals surface area (Å²) in [4.78, 5) is 32.9. The second kappa shape index (κ2) is 8.97. The summed E-state index contributed by atoms with van der Waals surface area (Å²) < 4.78 is 5.46. The molecule has 154 valence electrons. The minimum absolute atomic E-state index is 0.0174. The number of anilines is 1. The number of piperazine rings is 1. The molecule has 0 N–H and O–H groups in total. The highest BCUT2D eigenvalue weighted by molar-refractivity contribution is 7.09. The van der Waals surface area contributed by atoms with Gasteiger partial charge < -0.3 is 14.5 Å². The van der Waals surface area contributed by atoms with Crippen molar-refractivity contribution in [1.82, 2.24) is 9.80 Å². The second-order valence-corrected chi connectivity index (χ2v) is 8.55. The van der Waals surface area contributed by atoms with Crippen LogP contribution in [0.2, 0.25) is 0 Å². The van der Waals surface area contributed by atoms with E-state index in [-0.39, 0.29) is 17.7 Å². The Morgan fingerprint density at radius 3 is 2.55 bits per heavy atom. The van der Waals surface area contributed by atoms with E-state index in [1.165, 1.54) is 4.88 Å². The van der Waals surface area contributed by atoms with Crippen LogP contribution in [0.15, 0.2) is 41.8 Å². The van der Waals surface area contributed by atoms with Crippen molar-refractivity contribution in [3.05, 3.63) is 46.7 Å². The quantitative estimate of drug-likeness (QED) is 0.731. The maximum absolute atomic E-state index is 13.0. The number of benzene rings is 1. The van der Waals surface area contributed by atoms with Gasteiger partial charge in [-0.2, -0.15) is 0 Å². The van der Waals surface area contributed by atoms with Crippen LogP contribution >= 0.6 is 11.3 Å². The summed E-state index contributed by atoms with van der Waals surface area (Å²) in [6, 6.07) is 11.7. The maximum Gasteiger partial charge on any atom is 0.228 e. The molecule has 2 aliphatic heterocycles. The first-order valence-corrected chi connectivity index (χ1v) is 11.1. The number of hydrogen-bond acceptors (Lipinski definition) is 5. The molecule has 1 aromatic heterocycles. The molecule has 2 aliphatic rings. The predicted octanol–water partition coefficient (Wildman–Crippen LogP) is 2.84. The Bertz CT molecular complexity index is 829. The number of nitrogens with zero attached hydrogens (tertiary/aromatic N) is 3. The van der Waals surface area contributed by atoms with Crippen molar-refractivity contribution in [3.63, 3.8) is 0 Å². The van der Waals surface area contributed by atoms with Crippen molar-refractivity contribution in [2.45, 2.75) is 19.9 Å². The van der Waals surface area contributed by atoms with Crippen LogP contribution in [0.4, 0.5) is 5.69 Å². The highest BCUT2D eigenvalue weighted by atomic mass is 32.1. The Balaban J connectivity index is 1.31. The number of carbonyl (C=O) groups is 2. The van der Waals surface area contributed by atoms with Crippen LogP contribution in [-0.4, -0.2) is 60.9 Å². The standard InChI is InChI=1S/C22H27N3O3S/c1-2-28-19-7-5-18(6-8-19)25-15-17(14-21(25)26)22(27)24-11-9-23(10-12-24)16-20-4-3-13-29-20/h3-8,13,17H,2,9-12,14-16H2,1H3. The van der Waals surface area contributed by atoms with Crippen LogP contribution in [-0.2, 0) is 16.1 Å².